The molecule has 2 rings (SSSR count). The van der Waals surface area contributed by atoms with Crippen LogP contribution in [0.3, 0.4) is 0 Å². The first-order chi connectivity index (χ1) is 9.86. The van der Waals surface area contributed by atoms with E-state index in [1.807, 2.05) is 12.3 Å². The molecule has 1 N–H and O–H groups in total. The molecule has 0 aliphatic heterocycles. The lowest BCUT2D eigenvalue weighted by Gasteiger charge is -2.16. The lowest BCUT2D eigenvalue weighted by Crippen LogP contribution is -2.27. The summed E-state index contributed by atoms with van der Waals surface area (Å²) in [6.45, 7) is 5.40. The molecule has 1 atom stereocenters. The number of hydrogen-bond acceptors (Lipinski definition) is 5. The van der Waals surface area contributed by atoms with Crippen molar-refractivity contribution < 1.29 is 13.2 Å². The third kappa shape index (κ3) is 3.25. The summed E-state index contributed by atoms with van der Waals surface area (Å²) in [5.41, 5.74) is 1.51. The van der Waals surface area contributed by atoms with Crippen molar-refractivity contribution >= 4 is 21.4 Å². The van der Waals surface area contributed by atoms with E-state index in [4.69, 9.17) is 4.74 Å². The maximum Gasteiger partial charge on any atom is 0.241 e. The fourth-order valence-electron chi connectivity index (χ4n) is 2.08. The minimum absolute atomic E-state index is 0.268. The van der Waals surface area contributed by atoms with E-state index < -0.39 is 10.0 Å². The quantitative estimate of drug-likeness (QED) is 0.917. The van der Waals surface area contributed by atoms with Crippen molar-refractivity contribution in [2.75, 3.05) is 7.11 Å². The first-order valence-electron chi connectivity index (χ1n) is 6.42. The molecule has 0 aliphatic carbocycles. The zero-order valence-electron chi connectivity index (χ0n) is 12.4. The molecule has 21 heavy (non-hydrogen) atoms. The number of ether oxygens (including phenoxy) is 1. The van der Waals surface area contributed by atoms with Crippen LogP contribution in [0.5, 0.6) is 5.75 Å². The van der Waals surface area contributed by atoms with Gasteiger partial charge in [0.25, 0.3) is 0 Å². The van der Waals surface area contributed by atoms with Crippen molar-refractivity contribution in [2.45, 2.75) is 31.7 Å². The Bertz CT molecular complexity index is 725. The van der Waals surface area contributed by atoms with E-state index in [2.05, 4.69) is 9.71 Å². The molecule has 0 bridgehead atoms. The van der Waals surface area contributed by atoms with E-state index >= 15 is 0 Å². The monoisotopic (exact) mass is 326 g/mol. The van der Waals surface area contributed by atoms with Gasteiger partial charge in [-0.05, 0) is 44.0 Å². The second kappa shape index (κ2) is 6.13. The van der Waals surface area contributed by atoms with Gasteiger partial charge in [0.15, 0.2) is 0 Å². The van der Waals surface area contributed by atoms with E-state index in [0.717, 1.165) is 10.6 Å². The summed E-state index contributed by atoms with van der Waals surface area (Å²) in [6, 6.07) is 2.88. The average Bonchev–Trinajstić information content (AvgIpc) is 2.95. The highest BCUT2D eigenvalue weighted by molar-refractivity contribution is 7.89. The first kappa shape index (κ1) is 15.9. The summed E-state index contributed by atoms with van der Waals surface area (Å²) < 4.78 is 32.9. The van der Waals surface area contributed by atoms with Gasteiger partial charge < -0.3 is 4.74 Å². The van der Waals surface area contributed by atoms with Gasteiger partial charge in [-0.1, -0.05) is 0 Å². The van der Waals surface area contributed by atoms with Crippen LogP contribution in [-0.4, -0.2) is 20.5 Å². The van der Waals surface area contributed by atoms with Gasteiger partial charge in [0.2, 0.25) is 10.0 Å². The normalized spacial score (nSPS) is 13.1. The van der Waals surface area contributed by atoms with Crippen LogP contribution in [0, 0.1) is 13.8 Å². The lowest BCUT2D eigenvalue weighted by molar-refractivity contribution is 0.410. The number of aromatic nitrogens is 1. The zero-order chi connectivity index (χ0) is 15.6. The SMILES string of the molecule is COc1ccc(S(=O)(=O)N[C@H](C)c2nccs2)c(C)c1C. The van der Waals surface area contributed by atoms with Crippen LogP contribution >= 0.6 is 11.3 Å². The summed E-state index contributed by atoms with van der Waals surface area (Å²) in [4.78, 5) is 4.40. The summed E-state index contributed by atoms with van der Waals surface area (Å²) in [6.07, 6.45) is 1.66. The molecule has 1 heterocycles. The molecular weight excluding hydrogens is 308 g/mol. The molecule has 0 aliphatic rings. The van der Waals surface area contributed by atoms with Crippen molar-refractivity contribution in [1.29, 1.82) is 0 Å². The molecule has 0 fully saturated rings. The number of rotatable bonds is 5. The molecule has 114 valence electrons. The Kier molecular flexibility index (Phi) is 4.65. The Morgan fingerprint density at radius 3 is 2.57 bits per heavy atom. The summed E-state index contributed by atoms with van der Waals surface area (Å²) in [5.74, 6) is 0.680. The predicted octanol–water partition coefficient (Wildman–Crippen LogP) is 2.81. The van der Waals surface area contributed by atoms with E-state index in [0.29, 0.717) is 11.3 Å². The predicted molar refractivity (Wildman–Crippen MR) is 83.3 cm³/mol. The minimum atomic E-state index is -3.60. The largest absolute Gasteiger partial charge is 0.496 e. The second-order valence-corrected chi connectivity index (χ2v) is 7.34. The average molecular weight is 326 g/mol. The molecule has 0 unspecified atom stereocenters. The summed E-state index contributed by atoms with van der Waals surface area (Å²) in [5, 5.41) is 2.56. The van der Waals surface area contributed by atoms with Crippen molar-refractivity contribution in [2.24, 2.45) is 0 Å². The molecule has 1 aromatic carbocycles. The Labute approximate surface area is 129 Å². The van der Waals surface area contributed by atoms with Crippen molar-refractivity contribution in [1.82, 2.24) is 9.71 Å². The van der Waals surface area contributed by atoms with Gasteiger partial charge in [-0.2, -0.15) is 0 Å². The topological polar surface area (TPSA) is 68.3 Å². The molecule has 0 radical (unpaired) electrons. The highest BCUT2D eigenvalue weighted by Gasteiger charge is 2.23. The fourth-order valence-corrected chi connectivity index (χ4v) is 4.31. The Hall–Kier alpha value is -1.44. The molecule has 0 saturated carbocycles. The number of hydrogen-bond donors (Lipinski definition) is 1. The number of methoxy groups -OCH3 is 1. The first-order valence-corrected chi connectivity index (χ1v) is 8.79. The van der Waals surface area contributed by atoms with E-state index in [1.165, 1.54) is 11.3 Å². The van der Waals surface area contributed by atoms with Gasteiger partial charge in [-0.15, -0.1) is 11.3 Å². The second-order valence-electron chi connectivity index (χ2n) is 4.73. The van der Waals surface area contributed by atoms with Crippen LogP contribution in [0.4, 0.5) is 0 Å². The van der Waals surface area contributed by atoms with E-state index in [-0.39, 0.29) is 10.9 Å². The van der Waals surface area contributed by atoms with Gasteiger partial charge in [0.05, 0.1) is 18.0 Å². The highest BCUT2D eigenvalue weighted by Crippen LogP contribution is 2.28. The third-order valence-electron chi connectivity index (χ3n) is 3.35. The van der Waals surface area contributed by atoms with Crippen LogP contribution in [-0.2, 0) is 10.0 Å². The number of thiazole rings is 1. The van der Waals surface area contributed by atoms with Crippen LogP contribution in [0.25, 0.3) is 0 Å². The molecule has 7 heteroatoms. The maximum absolute atomic E-state index is 12.5. The van der Waals surface area contributed by atoms with Gasteiger partial charge >= 0.3 is 0 Å². The summed E-state index contributed by atoms with van der Waals surface area (Å²) in [7, 11) is -2.03. The van der Waals surface area contributed by atoms with Crippen LogP contribution in [0.15, 0.2) is 28.6 Å². The Morgan fingerprint density at radius 1 is 1.29 bits per heavy atom. The Balaban J connectivity index is 2.34. The van der Waals surface area contributed by atoms with Crippen molar-refractivity contribution in [3.63, 3.8) is 0 Å². The van der Waals surface area contributed by atoms with Gasteiger partial charge in [0.1, 0.15) is 10.8 Å². The third-order valence-corrected chi connectivity index (χ3v) is 5.99. The van der Waals surface area contributed by atoms with Gasteiger partial charge in [-0.3, -0.25) is 0 Å². The van der Waals surface area contributed by atoms with Gasteiger partial charge in [0, 0.05) is 11.6 Å². The number of nitrogens with zero attached hydrogens (tertiary/aromatic N) is 1. The van der Waals surface area contributed by atoms with Crippen LogP contribution < -0.4 is 9.46 Å². The van der Waals surface area contributed by atoms with E-state index in [9.17, 15) is 8.42 Å². The molecule has 0 spiro atoms. The lowest BCUT2D eigenvalue weighted by atomic mass is 10.1. The summed E-state index contributed by atoms with van der Waals surface area (Å²) >= 11 is 1.42. The Morgan fingerprint density at radius 2 is 2.00 bits per heavy atom. The minimum Gasteiger partial charge on any atom is -0.496 e. The molecule has 5 nitrogen and oxygen atoms in total. The highest BCUT2D eigenvalue weighted by atomic mass is 32.2. The maximum atomic E-state index is 12.5. The van der Waals surface area contributed by atoms with E-state index in [1.54, 1.807) is 39.3 Å². The molecule has 0 amide bonds. The molecular formula is C14H18N2O3S2. The number of sulfonamides is 1. The standard InChI is InChI=1S/C14H18N2O3S2/c1-9-10(2)13(6-5-12(9)19-4)21(17,18)16-11(3)14-15-7-8-20-14/h5-8,11,16H,1-4H3/t11-/m1/s1. The molecule has 0 saturated heterocycles. The van der Waals surface area contributed by atoms with Crippen LogP contribution in [0.2, 0.25) is 0 Å². The van der Waals surface area contributed by atoms with Crippen molar-refractivity contribution in [3.05, 3.63) is 39.8 Å². The number of benzene rings is 1. The zero-order valence-corrected chi connectivity index (χ0v) is 14.0. The van der Waals surface area contributed by atoms with Crippen molar-refractivity contribution in [3.8, 4) is 5.75 Å². The smallest absolute Gasteiger partial charge is 0.241 e. The molecule has 2 aromatic rings. The fraction of sp³-hybridized carbons (Fsp3) is 0.357. The number of nitrogens with one attached hydrogen (secondary N) is 1. The van der Waals surface area contributed by atoms with Crippen LogP contribution in [0.1, 0.15) is 29.1 Å². The van der Waals surface area contributed by atoms with Gasteiger partial charge in [-0.25, -0.2) is 18.1 Å². The molecule has 1 aromatic heterocycles.